The van der Waals surface area contributed by atoms with Gasteiger partial charge in [0.1, 0.15) is 0 Å². The molecule has 2 rings (SSSR count). The van der Waals surface area contributed by atoms with E-state index in [1.807, 2.05) is 6.92 Å². The number of likely N-dealkylation sites (N-methyl/N-ethyl adjacent to an activating group) is 1. The van der Waals surface area contributed by atoms with Crippen LogP contribution in [0.3, 0.4) is 0 Å². The van der Waals surface area contributed by atoms with Crippen LogP contribution in [0.2, 0.25) is 0 Å². The predicted octanol–water partition coefficient (Wildman–Crippen LogP) is 0.761. The van der Waals surface area contributed by atoms with Gasteiger partial charge < -0.3 is 20.5 Å². The van der Waals surface area contributed by atoms with Gasteiger partial charge in [0, 0.05) is 12.1 Å². The lowest BCUT2D eigenvalue weighted by Crippen LogP contribution is -2.49. The fourth-order valence-electron chi connectivity index (χ4n) is 3.34. The van der Waals surface area contributed by atoms with Crippen molar-refractivity contribution in [2.45, 2.75) is 51.1 Å². The maximum absolute atomic E-state index is 12.5. The summed E-state index contributed by atoms with van der Waals surface area (Å²) in [5.74, 6) is -1.55. The van der Waals surface area contributed by atoms with Gasteiger partial charge >= 0.3 is 5.97 Å². The average molecular weight is 298 g/mol. The zero-order valence-electron chi connectivity index (χ0n) is 12.6. The number of amides is 1. The van der Waals surface area contributed by atoms with E-state index in [1.54, 1.807) is 0 Å². The van der Waals surface area contributed by atoms with Crippen LogP contribution in [-0.2, 0) is 14.3 Å². The molecule has 0 spiro atoms. The van der Waals surface area contributed by atoms with E-state index in [2.05, 4.69) is 10.6 Å². The molecule has 1 heterocycles. The van der Waals surface area contributed by atoms with Crippen molar-refractivity contribution in [3.63, 3.8) is 0 Å². The lowest BCUT2D eigenvalue weighted by atomic mass is 9.93. The molecule has 0 bridgehead atoms. The highest BCUT2D eigenvalue weighted by atomic mass is 16.5. The monoisotopic (exact) mass is 298 g/mol. The molecule has 4 unspecified atom stereocenters. The van der Waals surface area contributed by atoms with Gasteiger partial charge in [-0.05, 0) is 19.4 Å². The largest absolute Gasteiger partial charge is 0.481 e. The van der Waals surface area contributed by atoms with E-state index < -0.39 is 11.9 Å². The summed E-state index contributed by atoms with van der Waals surface area (Å²) < 4.78 is 5.39. The molecule has 2 fully saturated rings. The molecule has 1 aliphatic heterocycles. The molecule has 0 aromatic rings. The SMILES string of the molecule is CCNC1COCC1C(=O)NC1CCCCCC1C(=O)O. The molecule has 4 atom stereocenters. The van der Waals surface area contributed by atoms with Gasteiger partial charge in [-0.2, -0.15) is 0 Å². The summed E-state index contributed by atoms with van der Waals surface area (Å²) in [5.41, 5.74) is 0. The van der Waals surface area contributed by atoms with Crippen molar-refractivity contribution in [1.82, 2.24) is 10.6 Å². The molecular formula is C15H26N2O4. The highest BCUT2D eigenvalue weighted by molar-refractivity contribution is 5.81. The first-order valence-electron chi connectivity index (χ1n) is 7.97. The number of hydrogen-bond acceptors (Lipinski definition) is 4. The lowest BCUT2D eigenvalue weighted by Gasteiger charge is -2.26. The number of carboxylic acids is 1. The molecule has 3 N–H and O–H groups in total. The Morgan fingerprint density at radius 3 is 2.57 bits per heavy atom. The molecule has 6 nitrogen and oxygen atoms in total. The maximum Gasteiger partial charge on any atom is 0.308 e. The normalized spacial score (nSPS) is 33.4. The van der Waals surface area contributed by atoms with Crippen LogP contribution in [0.5, 0.6) is 0 Å². The Bertz CT molecular complexity index is 375. The standard InChI is InChI=1S/C15H26N2O4/c1-2-16-13-9-21-8-11(13)14(18)17-12-7-5-3-4-6-10(12)15(19)20/h10-13,16H,2-9H2,1H3,(H,17,18)(H,19,20). The Kier molecular flexibility index (Phi) is 5.99. The molecule has 0 radical (unpaired) electrons. The number of aliphatic carboxylic acids is 1. The molecular weight excluding hydrogens is 272 g/mol. The third-order valence-corrected chi connectivity index (χ3v) is 4.54. The average Bonchev–Trinajstić information content (AvgIpc) is 2.77. The number of carbonyl (C=O) groups is 2. The van der Waals surface area contributed by atoms with Crippen molar-refractivity contribution in [2.24, 2.45) is 11.8 Å². The Morgan fingerprint density at radius 1 is 1.10 bits per heavy atom. The molecule has 1 saturated carbocycles. The summed E-state index contributed by atoms with van der Waals surface area (Å²) in [7, 11) is 0. The van der Waals surface area contributed by atoms with Crippen LogP contribution in [0.15, 0.2) is 0 Å². The summed E-state index contributed by atoms with van der Waals surface area (Å²) >= 11 is 0. The summed E-state index contributed by atoms with van der Waals surface area (Å²) in [6.45, 7) is 3.74. The van der Waals surface area contributed by atoms with Crippen LogP contribution in [0.25, 0.3) is 0 Å². The van der Waals surface area contributed by atoms with Crippen LogP contribution >= 0.6 is 0 Å². The van der Waals surface area contributed by atoms with Gasteiger partial charge in [-0.3, -0.25) is 9.59 Å². The van der Waals surface area contributed by atoms with Crippen molar-refractivity contribution in [1.29, 1.82) is 0 Å². The van der Waals surface area contributed by atoms with E-state index >= 15 is 0 Å². The number of carbonyl (C=O) groups excluding carboxylic acids is 1. The van der Waals surface area contributed by atoms with E-state index in [9.17, 15) is 14.7 Å². The van der Waals surface area contributed by atoms with E-state index in [1.165, 1.54) is 0 Å². The Balaban J connectivity index is 1.97. The third-order valence-electron chi connectivity index (χ3n) is 4.54. The van der Waals surface area contributed by atoms with Crippen LogP contribution in [0, 0.1) is 11.8 Å². The second-order valence-electron chi connectivity index (χ2n) is 6.01. The van der Waals surface area contributed by atoms with Crippen LogP contribution in [0.4, 0.5) is 0 Å². The van der Waals surface area contributed by atoms with Crippen LogP contribution in [0.1, 0.15) is 39.0 Å². The summed E-state index contributed by atoms with van der Waals surface area (Å²) in [5, 5.41) is 15.6. The van der Waals surface area contributed by atoms with E-state index in [0.717, 1.165) is 32.2 Å². The third kappa shape index (κ3) is 4.17. The summed E-state index contributed by atoms with van der Waals surface area (Å²) in [6, 6.07) is -0.218. The smallest absolute Gasteiger partial charge is 0.308 e. The Labute approximate surface area is 125 Å². The van der Waals surface area contributed by atoms with Gasteiger partial charge in [0.2, 0.25) is 5.91 Å². The molecule has 0 aromatic heterocycles. The molecule has 1 aliphatic carbocycles. The zero-order chi connectivity index (χ0) is 15.2. The fraction of sp³-hybridized carbons (Fsp3) is 0.867. The van der Waals surface area contributed by atoms with Gasteiger partial charge in [0.25, 0.3) is 0 Å². The second kappa shape index (κ2) is 7.75. The van der Waals surface area contributed by atoms with Crippen molar-refractivity contribution in [3.05, 3.63) is 0 Å². The van der Waals surface area contributed by atoms with E-state index in [0.29, 0.717) is 19.6 Å². The zero-order valence-corrected chi connectivity index (χ0v) is 12.6. The first-order valence-corrected chi connectivity index (χ1v) is 7.97. The van der Waals surface area contributed by atoms with Gasteiger partial charge in [-0.15, -0.1) is 0 Å². The summed E-state index contributed by atoms with van der Waals surface area (Å²) in [4.78, 5) is 23.9. The number of carboxylic acid groups (broad SMARTS) is 1. The molecule has 2 aliphatic rings. The molecule has 1 saturated heterocycles. The predicted molar refractivity (Wildman–Crippen MR) is 77.9 cm³/mol. The van der Waals surface area contributed by atoms with Crippen molar-refractivity contribution in [2.75, 3.05) is 19.8 Å². The van der Waals surface area contributed by atoms with Crippen molar-refractivity contribution in [3.8, 4) is 0 Å². The first-order chi connectivity index (χ1) is 10.1. The molecule has 0 aromatic carbocycles. The topological polar surface area (TPSA) is 87.7 Å². The lowest BCUT2D eigenvalue weighted by molar-refractivity contribution is -0.143. The van der Waals surface area contributed by atoms with E-state index in [-0.39, 0.29) is 23.9 Å². The minimum absolute atomic E-state index is 0.0315. The number of ether oxygens (including phenoxy) is 1. The quantitative estimate of drug-likeness (QED) is 0.652. The minimum Gasteiger partial charge on any atom is -0.481 e. The first kappa shape index (κ1) is 16.2. The Morgan fingerprint density at radius 2 is 1.86 bits per heavy atom. The highest BCUT2D eigenvalue weighted by Crippen LogP contribution is 2.25. The Hall–Kier alpha value is -1.14. The highest BCUT2D eigenvalue weighted by Gasteiger charge is 2.37. The van der Waals surface area contributed by atoms with Crippen molar-refractivity contribution >= 4 is 11.9 Å². The number of hydrogen-bond donors (Lipinski definition) is 3. The van der Waals surface area contributed by atoms with Crippen molar-refractivity contribution < 1.29 is 19.4 Å². The molecule has 6 heteroatoms. The molecule has 1 amide bonds. The molecule has 120 valence electrons. The van der Waals surface area contributed by atoms with Gasteiger partial charge in [-0.25, -0.2) is 0 Å². The summed E-state index contributed by atoms with van der Waals surface area (Å²) in [6.07, 6.45) is 4.35. The van der Waals surface area contributed by atoms with E-state index in [4.69, 9.17) is 4.74 Å². The fourth-order valence-corrected chi connectivity index (χ4v) is 3.34. The second-order valence-corrected chi connectivity index (χ2v) is 6.01. The minimum atomic E-state index is -0.798. The maximum atomic E-state index is 12.5. The molecule has 21 heavy (non-hydrogen) atoms. The van der Waals surface area contributed by atoms with Gasteiger partial charge in [0.15, 0.2) is 0 Å². The number of nitrogens with one attached hydrogen (secondary N) is 2. The van der Waals surface area contributed by atoms with Gasteiger partial charge in [0.05, 0.1) is 25.0 Å². The van der Waals surface area contributed by atoms with Crippen LogP contribution < -0.4 is 10.6 Å². The number of rotatable bonds is 5. The van der Waals surface area contributed by atoms with Gasteiger partial charge in [-0.1, -0.05) is 26.2 Å². The van der Waals surface area contributed by atoms with Crippen LogP contribution in [-0.4, -0.2) is 48.8 Å².